The van der Waals surface area contributed by atoms with E-state index in [9.17, 15) is 4.79 Å². The number of rotatable bonds is 3. The van der Waals surface area contributed by atoms with Crippen molar-refractivity contribution >= 4 is 11.6 Å². The minimum Gasteiger partial charge on any atom is -0.368 e. The maximum Gasteiger partial charge on any atom is 0.223 e. The summed E-state index contributed by atoms with van der Waals surface area (Å²) in [6, 6.07) is 2.10. The van der Waals surface area contributed by atoms with E-state index in [0.717, 1.165) is 30.2 Å². The first-order valence-corrected chi connectivity index (χ1v) is 8.34. The van der Waals surface area contributed by atoms with Gasteiger partial charge in [0.15, 0.2) is 0 Å². The highest BCUT2D eigenvalue weighted by Crippen LogP contribution is 2.29. The molecule has 1 saturated heterocycles. The smallest absolute Gasteiger partial charge is 0.223 e. The van der Waals surface area contributed by atoms with Crippen molar-refractivity contribution in [2.45, 2.75) is 33.4 Å². The highest BCUT2D eigenvalue weighted by atomic mass is 16.2. The van der Waals surface area contributed by atoms with Crippen molar-refractivity contribution in [3.8, 4) is 0 Å². The van der Waals surface area contributed by atoms with Gasteiger partial charge in [-0.3, -0.25) is 9.78 Å². The van der Waals surface area contributed by atoms with E-state index in [1.165, 1.54) is 17.5 Å². The number of aromatic nitrogens is 3. The quantitative estimate of drug-likeness (QED) is 0.863. The van der Waals surface area contributed by atoms with Gasteiger partial charge in [0, 0.05) is 37.7 Å². The van der Waals surface area contributed by atoms with Crippen molar-refractivity contribution in [1.29, 1.82) is 0 Å². The molecule has 0 spiro atoms. The second kappa shape index (κ2) is 5.85. The van der Waals surface area contributed by atoms with Crippen LogP contribution in [0.1, 0.15) is 28.9 Å². The van der Waals surface area contributed by atoms with E-state index in [0.29, 0.717) is 25.4 Å². The third-order valence-electron chi connectivity index (χ3n) is 4.94. The van der Waals surface area contributed by atoms with Gasteiger partial charge in [0.25, 0.3) is 0 Å². The van der Waals surface area contributed by atoms with Crippen LogP contribution in [0.15, 0.2) is 24.8 Å². The highest BCUT2D eigenvalue weighted by molar-refractivity contribution is 5.77. The van der Waals surface area contributed by atoms with Crippen LogP contribution in [0.25, 0.3) is 0 Å². The van der Waals surface area contributed by atoms with E-state index in [1.807, 2.05) is 24.2 Å². The van der Waals surface area contributed by atoms with Crippen LogP contribution in [0.4, 0.5) is 5.69 Å². The summed E-state index contributed by atoms with van der Waals surface area (Å²) >= 11 is 0. The van der Waals surface area contributed by atoms with Crippen molar-refractivity contribution in [2.24, 2.45) is 5.92 Å². The first-order chi connectivity index (χ1) is 11.6. The van der Waals surface area contributed by atoms with Crippen LogP contribution < -0.4 is 4.90 Å². The van der Waals surface area contributed by atoms with Crippen molar-refractivity contribution in [3.05, 3.63) is 47.3 Å². The summed E-state index contributed by atoms with van der Waals surface area (Å²) in [5, 5.41) is 0. The van der Waals surface area contributed by atoms with E-state index in [4.69, 9.17) is 0 Å². The number of anilines is 1. The van der Waals surface area contributed by atoms with Crippen molar-refractivity contribution in [1.82, 2.24) is 19.9 Å². The Labute approximate surface area is 141 Å². The van der Waals surface area contributed by atoms with E-state index in [-0.39, 0.29) is 5.91 Å². The molecule has 1 fully saturated rings. The summed E-state index contributed by atoms with van der Waals surface area (Å²) < 4.78 is 0. The molecule has 2 aliphatic rings. The molecule has 24 heavy (non-hydrogen) atoms. The van der Waals surface area contributed by atoms with Crippen LogP contribution in [0.3, 0.4) is 0 Å². The number of amides is 1. The molecule has 6 heteroatoms. The van der Waals surface area contributed by atoms with Crippen LogP contribution in [0.2, 0.25) is 0 Å². The molecule has 1 amide bonds. The Morgan fingerprint density at radius 2 is 1.96 bits per heavy atom. The third-order valence-corrected chi connectivity index (χ3v) is 4.94. The Bertz CT molecular complexity index is 770. The minimum absolute atomic E-state index is 0.235. The molecule has 2 aromatic rings. The molecule has 0 aliphatic carbocycles. The number of carbonyl (C=O) groups excluding carboxylic acids is 1. The first kappa shape index (κ1) is 15.1. The summed E-state index contributed by atoms with van der Waals surface area (Å²) in [6.45, 7) is 7.27. The van der Waals surface area contributed by atoms with Crippen molar-refractivity contribution < 1.29 is 4.79 Å². The molecule has 0 unspecified atom stereocenters. The lowest BCUT2D eigenvalue weighted by Crippen LogP contribution is -2.48. The van der Waals surface area contributed by atoms with E-state index in [1.54, 1.807) is 0 Å². The third kappa shape index (κ3) is 2.72. The molecule has 0 saturated carbocycles. The summed E-state index contributed by atoms with van der Waals surface area (Å²) in [4.78, 5) is 29.4. The summed E-state index contributed by atoms with van der Waals surface area (Å²) in [5.41, 5.74) is 5.60. The molecule has 4 heterocycles. The van der Waals surface area contributed by atoms with Crippen LogP contribution in [0.5, 0.6) is 0 Å². The fourth-order valence-corrected chi connectivity index (χ4v) is 3.63. The van der Waals surface area contributed by atoms with Crippen LogP contribution >= 0.6 is 0 Å². The molecule has 0 bridgehead atoms. The number of fused-ring (bicyclic) bond motifs is 1. The Hall–Kier alpha value is -2.50. The van der Waals surface area contributed by atoms with Crippen molar-refractivity contribution in [3.63, 3.8) is 0 Å². The minimum atomic E-state index is 0.235. The van der Waals surface area contributed by atoms with E-state index < -0.39 is 0 Å². The predicted molar refractivity (Wildman–Crippen MR) is 90.3 cm³/mol. The van der Waals surface area contributed by atoms with Gasteiger partial charge in [0.1, 0.15) is 6.33 Å². The van der Waals surface area contributed by atoms with Crippen LogP contribution in [-0.2, 0) is 17.9 Å². The Kier molecular flexibility index (Phi) is 3.67. The van der Waals surface area contributed by atoms with E-state index in [2.05, 4.69) is 32.8 Å². The SMILES string of the molecule is Cc1cc(C)c2c(n1)CN(C(=O)CC1CN(c3cncnc3)C1)C2. The molecular formula is C18H21N5O. The molecule has 0 aromatic carbocycles. The largest absolute Gasteiger partial charge is 0.368 e. The van der Waals surface area contributed by atoms with E-state index >= 15 is 0 Å². The predicted octanol–water partition coefficient (Wildman–Crippen LogP) is 1.86. The second-order valence-corrected chi connectivity index (χ2v) is 6.83. The Morgan fingerprint density at radius 1 is 1.21 bits per heavy atom. The topological polar surface area (TPSA) is 62.2 Å². The number of hydrogen-bond acceptors (Lipinski definition) is 5. The van der Waals surface area contributed by atoms with Gasteiger partial charge in [-0.15, -0.1) is 0 Å². The summed E-state index contributed by atoms with van der Waals surface area (Å²) in [7, 11) is 0. The number of carbonyl (C=O) groups is 1. The molecule has 0 atom stereocenters. The van der Waals surface area contributed by atoms with Crippen LogP contribution in [-0.4, -0.2) is 38.8 Å². The number of aryl methyl sites for hydroxylation is 2. The summed E-state index contributed by atoms with van der Waals surface area (Å²) in [6.07, 6.45) is 5.78. The zero-order valence-electron chi connectivity index (χ0n) is 14.1. The Balaban J connectivity index is 1.33. The maximum atomic E-state index is 12.6. The number of nitrogens with zero attached hydrogens (tertiary/aromatic N) is 5. The Morgan fingerprint density at radius 3 is 2.71 bits per heavy atom. The average molecular weight is 323 g/mol. The molecule has 124 valence electrons. The fourth-order valence-electron chi connectivity index (χ4n) is 3.63. The van der Waals surface area contributed by atoms with Crippen LogP contribution in [0, 0.1) is 19.8 Å². The van der Waals surface area contributed by atoms with Gasteiger partial charge in [-0.05, 0) is 31.0 Å². The van der Waals surface area contributed by atoms with Gasteiger partial charge in [0.05, 0.1) is 30.3 Å². The molecule has 2 aromatic heterocycles. The monoisotopic (exact) mass is 323 g/mol. The zero-order valence-corrected chi connectivity index (χ0v) is 14.1. The summed E-state index contributed by atoms with van der Waals surface area (Å²) in [5.74, 6) is 0.649. The maximum absolute atomic E-state index is 12.6. The zero-order chi connectivity index (χ0) is 16.7. The average Bonchev–Trinajstić information content (AvgIpc) is 2.95. The normalized spacial score (nSPS) is 16.9. The first-order valence-electron chi connectivity index (χ1n) is 8.34. The number of hydrogen-bond donors (Lipinski definition) is 0. The lowest BCUT2D eigenvalue weighted by atomic mass is 9.95. The van der Waals surface area contributed by atoms with Gasteiger partial charge in [-0.25, -0.2) is 9.97 Å². The van der Waals surface area contributed by atoms with Gasteiger partial charge >= 0.3 is 0 Å². The van der Waals surface area contributed by atoms with Gasteiger partial charge < -0.3 is 9.80 Å². The molecule has 0 radical (unpaired) electrons. The highest BCUT2D eigenvalue weighted by Gasteiger charge is 2.32. The molecular weight excluding hydrogens is 302 g/mol. The van der Waals surface area contributed by atoms with Crippen molar-refractivity contribution in [2.75, 3.05) is 18.0 Å². The molecule has 6 nitrogen and oxygen atoms in total. The second-order valence-electron chi connectivity index (χ2n) is 6.83. The number of pyridine rings is 1. The fraction of sp³-hybridized carbons (Fsp3) is 0.444. The standard InChI is InChI=1S/C18H21N5O/c1-12-3-13(2)21-17-10-23(9-16(12)17)18(24)4-14-7-22(8-14)15-5-19-11-20-6-15/h3,5-6,11,14H,4,7-10H2,1-2H3. The molecule has 2 aliphatic heterocycles. The van der Waals surface area contributed by atoms with Gasteiger partial charge in [-0.1, -0.05) is 0 Å². The lowest BCUT2D eigenvalue weighted by molar-refractivity contribution is -0.133. The lowest BCUT2D eigenvalue weighted by Gasteiger charge is -2.40. The molecule has 0 N–H and O–H groups in total. The molecule has 4 rings (SSSR count). The van der Waals surface area contributed by atoms with Gasteiger partial charge in [0.2, 0.25) is 5.91 Å². The van der Waals surface area contributed by atoms with Gasteiger partial charge in [-0.2, -0.15) is 0 Å².